The number of para-hydroxylation sites is 2. The van der Waals surface area contributed by atoms with E-state index < -0.39 is 0 Å². The summed E-state index contributed by atoms with van der Waals surface area (Å²) in [6, 6.07) is 46.8. The van der Waals surface area contributed by atoms with Crippen molar-refractivity contribution < 1.29 is 0 Å². The normalized spacial score (nSPS) is 12.1. The SMILES string of the molecule is c1ccc2c(c1)sc1cccc(-c3cccc4sc5cccc(-n6c7ccccc7c7ccccc76)c5c34)c12. The summed E-state index contributed by atoms with van der Waals surface area (Å²) in [4.78, 5) is 0. The summed E-state index contributed by atoms with van der Waals surface area (Å²) in [5.41, 5.74) is 6.35. The lowest BCUT2D eigenvalue weighted by Gasteiger charge is -2.12. The molecule has 0 aliphatic carbocycles. The summed E-state index contributed by atoms with van der Waals surface area (Å²) < 4.78 is 7.80. The third-order valence-corrected chi connectivity index (χ3v) is 10.3. The van der Waals surface area contributed by atoms with Crippen LogP contribution >= 0.6 is 22.7 Å². The van der Waals surface area contributed by atoms with Gasteiger partial charge in [-0.25, -0.2) is 0 Å². The van der Waals surface area contributed by atoms with Crippen molar-refractivity contribution in [1.82, 2.24) is 4.57 Å². The topological polar surface area (TPSA) is 4.93 Å². The zero-order valence-electron chi connectivity index (χ0n) is 20.9. The molecule has 3 heteroatoms. The Morgan fingerprint density at radius 2 is 0.846 bits per heavy atom. The van der Waals surface area contributed by atoms with Crippen LogP contribution in [0.25, 0.3) is 79.0 Å². The fraction of sp³-hybridized carbons (Fsp3) is 0. The van der Waals surface area contributed by atoms with Crippen LogP contribution in [0.3, 0.4) is 0 Å². The van der Waals surface area contributed by atoms with Gasteiger partial charge in [-0.2, -0.15) is 0 Å². The molecule has 0 aliphatic heterocycles. The summed E-state index contributed by atoms with van der Waals surface area (Å²) in [6.07, 6.45) is 0. The molecule has 9 rings (SSSR count). The third-order valence-electron chi connectivity index (χ3n) is 8.01. The van der Waals surface area contributed by atoms with Gasteiger partial charge in [0.25, 0.3) is 0 Å². The molecule has 9 aromatic rings. The summed E-state index contributed by atoms with van der Waals surface area (Å²) in [5, 5.41) is 7.96. The van der Waals surface area contributed by atoms with Gasteiger partial charge in [-0.15, -0.1) is 22.7 Å². The summed E-state index contributed by atoms with van der Waals surface area (Å²) >= 11 is 3.78. The highest BCUT2D eigenvalue weighted by Crippen LogP contribution is 2.47. The van der Waals surface area contributed by atoms with Crippen LogP contribution in [0.15, 0.2) is 127 Å². The molecule has 0 fully saturated rings. The predicted octanol–water partition coefficient (Wildman–Crippen LogP) is 11.2. The monoisotopic (exact) mass is 531 g/mol. The maximum Gasteiger partial charge on any atom is 0.0555 e. The van der Waals surface area contributed by atoms with Crippen LogP contribution in [0.2, 0.25) is 0 Å². The molecule has 39 heavy (non-hydrogen) atoms. The molecule has 0 amide bonds. The molecule has 3 heterocycles. The van der Waals surface area contributed by atoms with Crippen LogP contribution < -0.4 is 0 Å². The Balaban J connectivity index is 1.46. The van der Waals surface area contributed by atoms with E-state index in [-0.39, 0.29) is 0 Å². The minimum Gasteiger partial charge on any atom is -0.309 e. The van der Waals surface area contributed by atoms with E-state index >= 15 is 0 Å². The number of rotatable bonds is 2. The van der Waals surface area contributed by atoms with E-state index in [0.29, 0.717) is 0 Å². The molecular formula is C36H21NS2. The zero-order valence-corrected chi connectivity index (χ0v) is 22.5. The van der Waals surface area contributed by atoms with Crippen LogP contribution in [0, 0.1) is 0 Å². The van der Waals surface area contributed by atoms with E-state index in [2.05, 4.69) is 132 Å². The second-order valence-electron chi connectivity index (χ2n) is 10.1. The maximum atomic E-state index is 2.47. The van der Waals surface area contributed by atoms with Crippen molar-refractivity contribution in [3.8, 4) is 16.8 Å². The minimum absolute atomic E-state index is 1.24. The quantitative estimate of drug-likeness (QED) is 0.209. The van der Waals surface area contributed by atoms with Crippen molar-refractivity contribution in [2.45, 2.75) is 0 Å². The van der Waals surface area contributed by atoms with Gasteiger partial charge in [0.05, 0.1) is 16.7 Å². The average molecular weight is 532 g/mol. The molecule has 1 nitrogen and oxygen atoms in total. The highest BCUT2D eigenvalue weighted by atomic mass is 32.1. The van der Waals surface area contributed by atoms with E-state index in [4.69, 9.17) is 0 Å². The van der Waals surface area contributed by atoms with Crippen LogP contribution in [0.5, 0.6) is 0 Å². The second kappa shape index (κ2) is 8.03. The van der Waals surface area contributed by atoms with Crippen LogP contribution in [-0.2, 0) is 0 Å². The van der Waals surface area contributed by atoms with Crippen molar-refractivity contribution in [3.05, 3.63) is 127 Å². The Morgan fingerprint density at radius 3 is 1.56 bits per heavy atom. The van der Waals surface area contributed by atoms with E-state index in [1.165, 1.54) is 79.0 Å². The molecule has 0 atom stereocenters. The van der Waals surface area contributed by atoms with E-state index in [9.17, 15) is 0 Å². The van der Waals surface area contributed by atoms with Gasteiger partial charge >= 0.3 is 0 Å². The van der Waals surface area contributed by atoms with Gasteiger partial charge in [0.15, 0.2) is 0 Å². The molecule has 182 valence electrons. The Bertz CT molecular complexity index is 2350. The number of hydrogen-bond donors (Lipinski definition) is 0. The van der Waals surface area contributed by atoms with Crippen molar-refractivity contribution in [2.75, 3.05) is 0 Å². The van der Waals surface area contributed by atoms with Gasteiger partial charge in [0.1, 0.15) is 0 Å². The smallest absolute Gasteiger partial charge is 0.0555 e. The van der Waals surface area contributed by atoms with Gasteiger partial charge in [-0.1, -0.05) is 84.9 Å². The van der Waals surface area contributed by atoms with E-state index in [0.717, 1.165) is 0 Å². The Morgan fingerprint density at radius 1 is 0.359 bits per heavy atom. The summed E-state index contributed by atoms with van der Waals surface area (Å²) in [6.45, 7) is 0. The molecule has 6 aromatic carbocycles. The number of hydrogen-bond acceptors (Lipinski definition) is 2. The average Bonchev–Trinajstić information content (AvgIpc) is 3.66. The molecule has 0 saturated carbocycles. The molecule has 0 saturated heterocycles. The lowest BCUT2D eigenvalue weighted by atomic mass is 9.95. The number of thiophene rings is 2. The van der Waals surface area contributed by atoms with Gasteiger partial charge in [0.2, 0.25) is 0 Å². The van der Waals surface area contributed by atoms with E-state index in [1.807, 2.05) is 22.7 Å². The molecule has 0 N–H and O–H groups in total. The van der Waals surface area contributed by atoms with Gasteiger partial charge in [0, 0.05) is 51.1 Å². The van der Waals surface area contributed by atoms with Crippen molar-refractivity contribution in [1.29, 1.82) is 0 Å². The fourth-order valence-electron chi connectivity index (χ4n) is 6.44. The minimum atomic E-state index is 1.24. The molecule has 0 aliphatic rings. The van der Waals surface area contributed by atoms with Crippen molar-refractivity contribution >= 4 is 84.8 Å². The Hall–Kier alpha value is -4.44. The fourth-order valence-corrected chi connectivity index (χ4v) is 8.73. The molecule has 0 radical (unpaired) electrons. The Kier molecular flexibility index (Phi) is 4.43. The van der Waals surface area contributed by atoms with Gasteiger partial charge in [-0.05, 0) is 53.6 Å². The third kappa shape index (κ3) is 2.94. The van der Waals surface area contributed by atoms with Crippen LogP contribution in [-0.4, -0.2) is 4.57 Å². The summed E-state index contributed by atoms with van der Waals surface area (Å²) in [5.74, 6) is 0. The predicted molar refractivity (Wildman–Crippen MR) is 172 cm³/mol. The zero-order chi connectivity index (χ0) is 25.5. The van der Waals surface area contributed by atoms with Crippen molar-refractivity contribution in [3.63, 3.8) is 0 Å². The van der Waals surface area contributed by atoms with Crippen LogP contribution in [0.1, 0.15) is 0 Å². The van der Waals surface area contributed by atoms with E-state index in [1.54, 1.807) is 0 Å². The summed E-state index contributed by atoms with van der Waals surface area (Å²) in [7, 11) is 0. The molecule has 3 aromatic heterocycles. The number of nitrogens with zero attached hydrogens (tertiary/aromatic N) is 1. The van der Waals surface area contributed by atoms with Gasteiger partial charge in [-0.3, -0.25) is 0 Å². The Labute approximate surface area is 232 Å². The van der Waals surface area contributed by atoms with Crippen molar-refractivity contribution in [2.24, 2.45) is 0 Å². The molecule has 0 spiro atoms. The first-order chi connectivity index (χ1) is 19.4. The first-order valence-corrected chi connectivity index (χ1v) is 14.8. The molecular weight excluding hydrogens is 511 g/mol. The number of aromatic nitrogens is 1. The maximum absolute atomic E-state index is 2.47. The lowest BCUT2D eigenvalue weighted by molar-refractivity contribution is 1.20. The highest BCUT2D eigenvalue weighted by Gasteiger charge is 2.20. The lowest BCUT2D eigenvalue weighted by Crippen LogP contribution is -1.94. The first-order valence-electron chi connectivity index (χ1n) is 13.2. The number of fused-ring (bicyclic) bond motifs is 9. The second-order valence-corrected chi connectivity index (χ2v) is 12.2. The first kappa shape index (κ1) is 21.5. The number of benzene rings is 6. The largest absolute Gasteiger partial charge is 0.309 e. The highest BCUT2D eigenvalue weighted by molar-refractivity contribution is 7.26. The standard InChI is InChI=1S/C36H21NS2/c1-4-15-27-22(10-1)23-11-2-5-16-28(23)37(27)29-17-9-21-33-36(29)35-25(14-8-20-32(35)39-33)24-13-7-19-31-34(24)26-12-3-6-18-30(26)38-31/h1-21H. The van der Waals surface area contributed by atoms with Crippen LogP contribution in [0.4, 0.5) is 0 Å². The molecule has 0 unspecified atom stereocenters. The van der Waals surface area contributed by atoms with Gasteiger partial charge < -0.3 is 4.57 Å². The molecule has 0 bridgehead atoms.